The van der Waals surface area contributed by atoms with Gasteiger partial charge in [-0.2, -0.15) is 0 Å². The molecule has 0 N–H and O–H groups in total. The Morgan fingerprint density at radius 2 is 1.93 bits per heavy atom. The molecule has 0 saturated carbocycles. The second-order valence-corrected chi connectivity index (χ2v) is 8.24. The van der Waals surface area contributed by atoms with Crippen molar-refractivity contribution in [3.8, 4) is 5.69 Å². The van der Waals surface area contributed by atoms with E-state index in [-0.39, 0.29) is 17.2 Å². The Morgan fingerprint density at radius 1 is 1.18 bits per heavy atom. The monoisotopic (exact) mass is 413 g/mol. The summed E-state index contributed by atoms with van der Waals surface area (Å²) < 4.78 is 1.60. The maximum absolute atomic E-state index is 13.3. The van der Waals surface area contributed by atoms with Crippen molar-refractivity contribution >= 4 is 40.2 Å². The number of amides is 1. The number of hydrogen-bond donors (Lipinski definition) is 0. The van der Waals surface area contributed by atoms with Gasteiger partial charge in [0.05, 0.1) is 22.3 Å². The fraction of sp³-hybridized carbons (Fsp3) is 0.286. The van der Waals surface area contributed by atoms with Crippen LogP contribution in [0.1, 0.15) is 18.4 Å². The molecule has 1 aliphatic heterocycles. The molecule has 28 heavy (non-hydrogen) atoms. The number of carbonyl (C=O) groups is 1. The topological polar surface area (TPSA) is 55.2 Å². The minimum atomic E-state index is -0.160. The molecule has 0 bridgehead atoms. The summed E-state index contributed by atoms with van der Waals surface area (Å²) in [5.41, 5.74) is 2.12. The number of benzene rings is 2. The fourth-order valence-electron chi connectivity index (χ4n) is 3.45. The summed E-state index contributed by atoms with van der Waals surface area (Å²) in [6, 6.07) is 12.8. The first kappa shape index (κ1) is 19.0. The van der Waals surface area contributed by atoms with E-state index in [1.165, 1.54) is 11.8 Å². The number of nitrogens with zero attached hydrogens (tertiary/aromatic N) is 3. The molecule has 2 aromatic carbocycles. The van der Waals surface area contributed by atoms with E-state index in [1.54, 1.807) is 22.8 Å². The second kappa shape index (κ2) is 7.97. The highest BCUT2D eigenvalue weighted by atomic mass is 35.5. The van der Waals surface area contributed by atoms with Gasteiger partial charge in [-0.15, -0.1) is 0 Å². The number of likely N-dealkylation sites (tertiary alicyclic amines) is 1. The summed E-state index contributed by atoms with van der Waals surface area (Å²) in [5.74, 6) is 0.337. The minimum Gasteiger partial charge on any atom is -0.342 e. The lowest BCUT2D eigenvalue weighted by molar-refractivity contribution is -0.127. The van der Waals surface area contributed by atoms with Gasteiger partial charge in [0.2, 0.25) is 5.91 Å². The SMILES string of the molecule is Cc1ccccc1-n1c(SCC(=O)N2CCCC2)nc2cc(Cl)ccc2c1=O. The number of rotatable bonds is 4. The van der Waals surface area contributed by atoms with Gasteiger partial charge in [-0.3, -0.25) is 14.2 Å². The lowest BCUT2D eigenvalue weighted by Gasteiger charge is -2.17. The number of para-hydroxylation sites is 1. The van der Waals surface area contributed by atoms with Gasteiger partial charge in [-0.05, 0) is 49.6 Å². The smallest absolute Gasteiger partial charge is 0.266 e. The molecule has 1 fully saturated rings. The van der Waals surface area contributed by atoms with Gasteiger partial charge in [0, 0.05) is 18.1 Å². The molecule has 0 atom stereocenters. The van der Waals surface area contributed by atoms with Crippen molar-refractivity contribution in [3.63, 3.8) is 0 Å². The summed E-state index contributed by atoms with van der Waals surface area (Å²) >= 11 is 7.40. The first-order valence-corrected chi connectivity index (χ1v) is 10.6. The van der Waals surface area contributed by atoms with Crippen molar-refractivity contribution in [1.29, 1.82) is 0 Å². The van der Waals surface area contributed by atoms with Crippen molar-refractivity contribution in [2.24, 2.45) is 0 Å². The van der Waals surface area contributed by atoms with Crippen molar-refractivity contribution in [1.82, 2.24) is 14.5 Å². The molecule has 1 saturated heterocycles. The zero-order chi connectivity index (χ0) is 19.7. The van der Waals surface area contributed by atoms with Crippen LogP contribution >= 0.6 is 23.4 Å². The highest BCUT2D eigenvalue weighted by Gasteiger charge is 2.20. The Kier molecular flexibility index (Phi) is 5.42. The van der Waals surface area contributed by atoms with Crippen LogP contribution in [0.5, 0.6) is 0 Å². The van der Waals surface area contributed by atoms with Gasteiger partial charge in [0.1, 0.15) is 0 Å². The Balaban J connectivity index is 1.80. The molecule has 1 aliphatic rings. The molecule has 1 amide bonds. The molecule has 0 spiro atoms. The van der Waals surface area contributed by atoms with E-state index in [4.69, 9.17) is 11.6 Å². The summed E-state index contributed by atoms with van der Waals surface area (Å²) in [6.07, 6.45) is 2.11. The van der Waals surface area contributed by atoms with Gasteiger partial charge in [0.25, 0.3) is 5.56 Å². The fourth-order valence-corrected chi connectivity index (χ4v) is 4.52. The van der Waals surface area contributed by atoms with Crippen LogP contribution in [0, 0.1) is 6.92 Å². The van der Waals surface area contributed by atoms with Gasteiger partial charge in [0.15, 0.2) is 5.16 Å². The Bertz CT molecular complexity index is 1110. The summed E-state index contributed by atoms with van der Waals surface area (Å²) in [4.78, 5) is 32.3. The molecule has 4 rings (SSSR count). The maximum Gasteiger partial charge on any atom is 0.266 e. The van der Waals surface area contributed by atoms with E-state index in [0.717, 1.165) is 37.2 Å². The third-order valence-electron chi connectivity index (χ3n) is 4.94. The largest absolute Gasteiger partial charge is 0.342 e. The number of thioether (sulfide) groups is 1. The first-order valence-electron chi connectivity index (χ1n) is 9.23. The van der Waals surface area contributed by atoms with E-state index in [2.05, 4.69) is 4.98 Å². The summed E-state index contributed by atoms with van der Waals surface area (Å²) in [6.45, 7) is 3.58. The number of fused-ring (bicyclic) bond motifs is 1. The van der Waals surface area contributed by atoms with Crippen molar-refractivity contribution in [3.05, 3.63) is 63.4 Å². The number of aromatic nitrogens is 2. The maximum atomic E-state index is 13.3. The summed E-state index contributed by atoms with van der Waals surface area (Å²) in [5, 5.41) is 1.53. The Labute approximate surface area is 172 Å². The van der Waals surface area contributed by atoms with Crippen LogP contribution in [-0.2, 0) is 4.79 Å². The first-order chi connectivity index (χ1) is 13.5. The third-order valence-corrected chi connectivity index (χ3v) is 6.10. The Hall–Kier alpha value is -2.31. The van der Waals surface area contributed by atoms with Gasteiger partial charge in [-0.1, -0.05) is 41.6 Å². The van der Waals surface area contributed by atoms with Crippen LogP contribution in [0.4, 0.5) is 0 Å². The van der Waals surface area contributed by atoms with Crippen molar-refractivity contribution < 1.29 is 4.79 Å². The van der Waals surface area contributed by atoms with Crippen LogP contribution in [0.15, 0.2) is 52.4 Å². The quantitative estimate of drug-likeness (QED) is 0.478. The Morgan fingerprint density at radius 3 is 2.68 bits per heavy atom. The van der Waals surface area contributed by atoms with Crippen LogP contribution in [0.2, 0.25) is 5.02 Å². The normalized spacial score (nSPS) is 14.0. The highest BCUT2D eigenvalue weighted by molar-refractivity contribution is 7.99. The molecular formula is C21H20ClN3O2S. The van der Waals surface area contributed by atoms with Gasteiger partial charge >= 0.3 is 0 Å². The van der Waals surface area contributed by atoms with E-state index < -0.39 is 0 Å². The van der Waals surface area contributed by atoms with Gasteiger partial charge in [-0.25, -0.2) is 4.98 Å². The zero-order valence-corrected chi connectivity index (χ0v) is 17.1. The average Bonchev–Trinajstić information content (AvgIpc) is 3.22. The lowest BCUT2D eigenvalue weighted by Crippen LogP contribution is -2.30. The molecule has 3 aromatic rings. The van der Waals surface area contributed by atoms with Crippen LogP contribution in [0.25, 0.3) is 16.6 Å². The molecule has 0 unspecified atom stereocenters. The lowest BCUT2D eigenvalue weighted by atomic mass is 10.2. The molecule has 5 nitrogen and oxygen atoms in total. The van der Waals surface area contributed by atoms with Crippen molar-refractivity contribution in [2.75, 3.05) is 18.8 Å². The second-order valence-electron chi connectivity index (χ2n) is 6.86. The molecule has 7 heteroatoms. The van der Waals surface area contributed by atoms with Crippen molar-refractivity contribution in [2.45, 2.75) is 24.9 Å². The molecule has 144 valence electrons. The molecule has 2 heterocycles. The predicted molar refractivity (Wildman–Crippen MR) is 114 cm³/mol. The van der Waals surface area contributed by atoms with Crippen LogP contribution in [0.3, 0.4) is 0 Å². The number of hydrogen-bond acceptors (Lipinski definition) is 4. The highest BCUT2D eigenvalue weighted by Crippen LogP contribution is 2.25. The van der Waals surface area contributed by atoms with Crippen LogP contribution in [-0.4, -0.2) is 39.2 Å². The molecule has 1 aromatic heterocycles. The van der Waals surface area contributed by atoms with E-state index in [9.17, 15) is 9.59 Å². The van der Waals surface area contributed by atoms with E-state index in [0.29, 0.717) is 21.1 Å². The molecule has 0 aliphatic carbocycles. The number of carbonyl (C=O) groups excluding carboxylic acids is 1. The van der Waals surface area contributed by atoms with Crippen LogP contribution < -0.4 is 5.56 Å². The standard InChI is InChI=1S/C21H20ClN3O2S/c1-14-6-2-3-7-18(14)25-20(27)16-9-8-15(22)12-17(16)23-21(25)28-13-19(26)24-10-4-5-11-24/h2-3,6-9,12H,4-5,10-11,13H2,1H3. The molecule has 0 radical (unpaired) electrons. The van der Waals surface area contributed by atoms with E-state index in [1.807, 2.05) is 36.1 Å². The number of halogens is 1. The van der Waals surface area contributed by atoms with E-state index >= 15 is 0 Å². The predicted octanol–water partition coefficient (Wildman–Crippen LogP) is 4.06. The van der Waals surface area contributed by atoms with Gasteiger partial charge < -0.3 is 4.90 Å². The average molecular weight is 414 g/mol. The third kappa shape index (κ3) is 3.66. The minimum absolute atomic E-state index is 0.0827. The zero-order valence-electron chi connectivity index (χ0n) is 15.5. The molecular weight excluding hydrogens is 394 g/mol. The summed E-state index contributed by atoms with van der Waals surface area (Å²) in [7, 11) is 0. The number of aryl methyl sites for hydroxylation is 1.